The van der Waals surface area contributed by atoms with Crippen LogP contribution in [0.4, 0.5) is 5.82 Å². The molecular formula is C17H25ClN4O. The third-order valence-electron chi connectivity index (χ3n) is 3.65. The molecule has 2 rings (SSSR count). The van der Waals surface area contributed by atoms with Gasteiger partial charge in [0.2, 0.25) is 5.91 Å². The van der Waals surface area contributed by atoms with Crippen LogP contribution in [0.15, 0.2) is 30.3 Å². The Kier molecular flexibility index (Phi) is 6.79. The predicted molar refractivity (Wildman–Crippen MR) is 96.5 cm³/mol. The summed E-state index contributed by atoms with van der Waals surface area (Å²) in [5.74, 6) is 0.641. The number of anilines is 1. The van der Waals surface area contributed by atoms with Crippen molar-refractivity contribution in [1.82, 2.24) is 9.78 Å². The number of halogens is 1. The molecule has 1 heterocycles. The average molecular weight is 337 g/mol. The van der Waals surface area contributed by atoms with Crippen LogP contribution in [0.5, 0.6) is 0 Å². The van der Waals surface area contributed by atoms with Crippen molar-refractivity contribution >= 4 is 24.1 Å². The van der Waals surface area contributed by atoms with E-state index in [1.165, 1.54) is 5.56 Å². The van der Waals surface area contributed by atoms with E-state index >= 15 is 0 Å². The van der Waals surface area contributed by atoms with E-state index in [-0.39, 0.29) is 30.2 Å². The van der Waals surface area contributed by atoms with Gasteiger partial charge in [-0.15, -0.1) is 12.4 Å². The summed E-state index contributed by atoms with van der Waals surface area (Å²) in [6.07, 6.45) is 0. The van der Waals surface area contributed by atoms with Crippen molar-refractivity contribution in [2.45, 2.75) is 33.6 Å². The molecule has 0 spiro atoms. The molecule has 0 radical (unpaired) electrons. The number of nitrogens with zero attached hydrogens (tertiary/aromatic N) is 2. The van der Waals surface area contributed by atoms with Gasteiger partial charge in [0.05, 0.1) is 11.4 Å². The van der Waals surface area contributed by atoms with Crippen LogP contribution in [0, 0.1) is 12.8 Å². The average Bonchev–Trinajstić information content (AvgIpc) is 2.91. The van der Waals surface area contributed by atoms with E-state index in [9.17, 15) is 4.79 Å². The van der Waals surface area contributed by atoms with Gasteiger partial charge in [0, 0.05) is 18.5 Å². The molecule has 5 nitrogen and oxygen atoms in total. The van der Waals surface area contributed by atoms with Crippen LogP contribution in [0.1, 0.15) is 37.9 Å². The molecule has 2 aromatic rings. The molecule has 1 amide bonds. The lowest BCUT2D eigenvalue weighted by Gasteiger charge is -2.12. The maximum atomic E-state index is 12.1. The second kappa shape index (κ2) is 8.13. The second-order valence-electron chi connectivity index (χ2n) is 5.98. The van der Waals surface area contributed by atoms with E-state index in [2.05, 4.69) is 24.3 Å². The zero-order chi connectivity index (χ0) is 16.3. The van der Waals surface area contributed by atoms with Gasteiger partial charge < -0.3 is 11.1 Å². The fraction of sp³-hybridized carbons (Fsp3) is 0.412. The zero-order valence-electron chi connectivity index (χ0n) is 14.0. The number of hydrogen-bond acceptors (Lipinski definition) is 3. The number of rotatable bonds is 5. The van der Waals surface area contributed by atoms with Crippen LogP contribution >= 0.6 is 12.4 Å². The quantitative estimate of drug-likeness (QED) is 0.880. The van der Waals surface area contributed by atoms with Crippen molar-refractivity contribution in [3.05, 3.63) is 41.6 Å². The Bertz CT molecular complexity index is 649. The standard InChI is InChI=1S/C17H24N4O.ClH/c1-11(2)15-9-16(19-17(22)13(4)10-18)21(20-15)14-7-5-12(3)6-8-14;/h5-9,11,13H,10,18H2,1-4H3,(H,19,22);1H. The Balaban J connectivity index is 0.00000264. The third-order valence-corrected chi connectivity index (χ3v) is 3.65. The van der Waals surface area contributed by atoms with E-state index in [1.807, 2.05) is 44.2 Å². The van der Waals surface area contributed by atoms with Crippen molar-refractivity contribution in [2.75, 3.05) is 11.9 Å². The molecule has 0 saturated carbocycles. The minimum absolute atomic E-state index is 0. The van der Waals surface area contributed by atoms with Crippen molar-refractivity contribution in [3.63, 3.8) is 0 Å². The number of nitrogens with two attached hydrogens (primary N) is 1. The number of nitrogens with one attached hydrogen (secondary N) is 1. The molecule has 1 atom stereocenters. The summed E-state index contributed by atoms with van der Waals surface area (Å²) in [4.78, 5) is 12.1. The van der Waals surface area contributed by atoms with Gasteiger partial charge in [-0.05, 0) is 25.0 Å². The van der Waals surface area contributed by atoms with Crippen molar-refractivity contribution in [1.29, 1.82) is 0 Å². The largest absolute Gasteiger partial charge is 0.330 e. The molecule has 126 valence electrons. The maximum Gasteiger partial charge on any atom is 0.229 e. The van der Waals surface area contributed by atoms with Gasteiger partial charge in [0.1, 0.15) is 5.82 Å². The minimum Gasteiger partial charge on any atom is -0.330 e. The first-order valence-corrected chi connectivity index (χ1v) is 7.60. The Labute approximate surface area is 143 Å². The smallest absolute Gasteiger partial charge is 0.229 e. The molecule has 0 fully saturated rings. The van der Waals surface area contributed by atoms with Gasteiger partial charge >= 0.3 is 0 Å². The Morgan fingerprint density at radius 3 is 2.39 bits per heavy atom. The van der Waals surface area contributed by atoms with Gasteiger partial charge in [-0.25, -0.2) is 4.68 Å². The van der Waals surface area contributed by atoms with Crippen molar-refractivity contribution in [3.8, 4) is 5.69 Å². The summed E-state index contributed by atoms with van der Waals surface area (Å²) in [7, 11) is 0. The van der Waals surface area contributed by atoms with Gasteiger partial charge in [-0.2, -0.15) is 5.10 Å². The maximum absolute atomic E-state index is 12.1. The molecule has 1 unspecified atom stereocenters. The number of hydrogen-bond donors (Lipinski definition) is 2. The monoisotopic (exact) mass is 336 g/mol. The third kappa shape index (κ3) is 4.56. The Morgan fingerprint density at radius 1 is 1.26 bits per heavy atom. The summed E-state index contributed by atoms with van der Waals surface area (Å²) in [6, 6.07) is 9.97. The lowest BCUT2D eigenvalue weighted by molar-refractivity contribution is -0.119. The highest BCUT2D eigenvalue weighted by Gasteiger charge is 2.17. The molecule has 0 aliphatic heterocycles. The summed E-state index contributed by atoms with van der Waals surface area (Å²) in [5, 5.41) is 7.55. The number of benzene rings is 1. The molecule has 0 aliphatic carbocycles. The van der Waals surface area contributed by atoms with E-state index < -0.39 is 0 Å². The van der Waals surface area contributed by atoms with Crippen LogP contribution in [-0.4, -0.2) is 22.2 Å². The van der Waals surface area contributed by atoms with E-state index in [0.717, 1.165) is 11.4 Å². The van der Waals surface area contributed by atoms with E-state index in [4.69, 9.17) is 5.73 Å². The molecule has 3 N–H and O–H groups in total. The number of carbonyl (C=O) groups is 1. The normalized spacial score (nSPS) is 11.9. The molecule has 0 bridgehead atoms. The SMILES string of the molecule is Cc1ccc(-n2nc(C(C)C)cc2NC(=O)C(C)CN)cc1.Cl. The first-order chi connectivity index (χ1) is 10.4. The van der Waals surface area contributed by atoms with Gasteiger partial charge in [-0.1, -0.05) is 38.5 Å². The number of aryl methyl sites for hydroxylation is 1. The van der Waals surface area contributed by atoms with Crippen molar-refractivity contribution in [2.24, 2.45) is 11.7 Å². The van der Waals surface area contributed by atoms with E-state index in [0.29, 0.717) is 12.4 Å². The minimum atomic E-state index is -0.233. The molecule has 1 aromatic heterocycles. The Hall–Kier alpha value is -1.85. The predicted octanol–water partition coefficient (Wildman–Crippen LogP) is 3.26. The lowest BCUT2D eigenvalue weighted by atomic mass is 10.1. The van der Waals surface area contributed by atoms with Crippen LogP contribution in [0.25, 0.3) is 5.69 Å². The highest BCUT2D eigenvalue weighted by molar-refractivity contribution is 5.92. The molecule has 0 saturated heterocycles. The fourth-order valence-corrected chi connectivity index (χ4v) is 2.01. The van der Waals surface area contributed by atoms with Crippen LogP contribution in [0.3, 0.4) is 0 Å². The molecular weight excluding hydrogens is 312 g/mol. The van der Waals surface area contributed by atoms with E-state index in [1.54, 1.807) is 4.68 Å². The lowest BCUT2D eigenvalue weighted by Crippen LogP contribution is -2.27. The summed E-state index contributed by atoms with van der Waals surface area (Å²) in [5.41, 5.74) is 8.61. The number of carbonyl (C=O) groups excluding carboxylic acids is 1. The number of amides is 1. The van der Waals surface area contributed by atoms with Crippen molar-refractivity contribution < 1.29 is 4.79 Å². The molecule has 6 heteroatoms. The topological polar surface area (TPSA) is 72.9 Å². The first-order valence-electron chi connectivity index (χ1n) is 7.60. The highest BCUT2D eigenvalue weighted by atomic mass is 35.5. The zero-order valence-corrected chi connectivity index (χ0v) is 14.9. The van der Waals surface area contributed by atoms with Gasteiger partial charge in [-0.3, -0.25) is 4.79 Å². The van der Waals surface area contributed by atoms with Gasteiger partial charge in [0.15, 0.2) is 0 Å². The highest BCUT2D eigenvalue weighted by Crippen LogP contribution is 2.22. The fourth-order valence-electron chi connectivity index (χ4n) is 2.01. The second-order valence-corrected chi connectivity index (χ2v) is 5.98. The van der Waals surface area contributed by atoms with Crippen LogP contribution < -0.4 is 11.1 Å². The van der Waals surface area contributed by atoms with Crippen LogP contribution in [0.2, 0.25) is 0 Å². The molecule has 1 aromatic carbocycles. The summed E-state index contributed by atoms with van der Waals surface area (Å²) in [6.45, 7) is 8.33. The van der Waals surface area contributed by atoms with Crippen LogP contribution in [-0.2, 0) is 4.79 Å². The molecule has 0 aliphatic rings. The Morgan fingerprint density at radius 2 is 1.87 bits per heavy atom. The molecule has 23 heavy (non-hydrogen) atoms. The summed E-state index contributed by atoms with van der Waals surface area (Å²) < 4.78 is 1.77. The first kappa shape index (κ1) is 19.2. The summed E-state index contributed by atoms with van der Waals surface area (Å²) >= 11 is 0. The van der Waals surface area contributed by atoms with Gasteiger partial charge in [0.25, 0.3) is 0 Å². The number of aromatic nitrogens is 2.